The molecular formula is C13H18F3N. The SMILES string of the molecule is CC(C)C(C)CNCc1cc(F)c(F)cc1F. The highest BCUT2D eigenvalue weighted by atomic mass is 19.2. The van der Waals surface area contributed by atoms with Gasteiger partial charge in [0.25, 0.3) is 0 Å². The molecule has 0 aliphatic carbocycles. The van der Waals surface area contributed by atoms with Crippen molar-refractivity contribution in [3.8, 4) is 0 Å². The average Bonchev–Trinajstić information content (AvgIpc) is 2.25. The number of hydrogen-bond acceptors (Lipinski definition) is 1. The van der Waals surface area contributed by atoms with Gasteiger partial charge in [-0.25, -0.2) is 13.2 Å². The Hall–Kier alpha value is -1.03. The van der Waals surface area contributed by atoms with Gasteiger partial charge in [-0.1, -0.05) is 20.8 Å². The standard InChI is InChI=1S/C13H18F3N/c1-8(2)9(3)6-17-7-10-4-12(15)13(16)5-11(10)14/h4-5,8-9,17H,6-7H2,1-3H3. The Kier molecular flexibility index (Phi) is 5.00. The summed E-state index contributed by atoms with van der Waals surface area (Å²) < 4.78 is 38.9. The van der Waals surface area contributed by atoms with Crippen LogP contribution in [0.15, 0.2) is 12.1 Å². The zero-order valence-electron chi connectivity index (χ0n) is 10.4. The molecule has 1 unspecified atom stereocenters. The molecule has 1 aromatic carbocycles. The van der Waals surface area contributed by atoms with Gasteiger partial charge in [0, 0.05) is 18.2 Å². The Morgan fingerprint density at radius 1 is 1.00 bits per heavy atom. The molecule has 1 nitrogen and oxygen atoms in total. The Labute approximate surface area is 100 Å². The van der Waals surface area contributed by atoms with Crippen LogP contribution in [0.4, 0.5) is 13.2 Å². The number of halogens is 3. The Bertz CT molecular complexity index is 377. The van der Waals surface area contributed by atoms with Crippen LogP contribution in [0.5, 0.6) is 0 Å². The van der Waals surface area contributed by atoms with Gasteiger partial charge in [-0.2, -0.15) is 0 Å². The molecule has 96 valence electrons. The molecular weight excluding hydrogens is 227 g/mol. The molecule has 1 atom stereocenters. The Morgan fingerprint density at radius 3 is 2.18 bits per heavy atom. The summed E-state index contributed by atoms with van der Waals surface area (Å²) in [6.07, 6.45) is 0. The van der Waals surface area contributed by atoms with Crippen molar-refractivity contribution in [2.45, 2.75) is 27.3 Å². The van der Waals surface area contributed by atoms with Crippen LogP contribution < -0.4 is 5.32 Å². The first kappa shape index (κ1) is 14.0. The topological polar surface area (TPSA) is 12.0 Å². The van der Waals surface area contributed by atoms with Crippen molar-refractivity contribution in [1.29, 1.82) is 0 Å². The molecule has 0 fully saturated rings. The van der Waals surface area contributed by atoms with E-state index in [2.05, 4.69) is 26.1 Å². The maximum atomic E-state index is 13.3. The summed E-state index contributed by atoms with van der Waals surface area (Å²) in [5.74, 6) is -1.91. The van der Waals surface area contributed by atoms with Gasteiger partial charge in [0.05, 0.1) is 0 Å². The van der Waals surface area contributed by atoms with Crippen molar-refractivity contribution in [2.75, 3.05) is 6.54 Å². The summed E-state index contributed by atoms with van der Waals surface area (Å²) in [5.41, 5.74) is 0.153. The lowest BCUT2D eigenvalue weighted by atomic mass is 9.98. The van der Waals surface area contributed by atoms with E-state index in [9.17, 15) is 13.2 Å². The van der Waals surface area contributed by atoms with Crippen LogP contribution in [0.2, 0.25) is 0 Å². The lowest BCUT2D eigenvalue weighted by Crippen LogP contribution is -2.24. The minimum absolute atomic E-state index is 0.153. The summed E-state index contributed by atoms with van der Waals surface area (Å²) in [7, 11) is 0. The van der Waals surface area contributed by atoms with Crippen LogP contribution in [0.1, 0.15) is 26.3 Å². The van der Waals surface area contributed by atoms with E-state index in [-0.39, 0.29) is 12.1 Å². The van der Waals surface area contributed by atoms with E-state index >= 15 is 0 Å². The van der Waals surface area contributed by atoms with Gasteiger partial charge >= 0.3 is 0 Å². The van der Waals surface area contributed by atoms with Gasteiger partial charge in [0.15, 0.2) is 11.6 Å². The monoisotopic (exact) mass is 245 g/mol. The fourth-order valence-corrected chi connectivity index (χ4v) is 1.37. The fraction of sp³-hybridized carbons (Fsp3) is 0.538. The van der Waals surface area contributed by atoms with Crippen molar-refractivity contribution in [3.63, 3.8) is 0 Å². The van der Waals surface area contributed by atoms with E-state index in [1.54, 1.807) is 0 Å². The predicted octanol–water partition coefficient (Wildman–Crippen LogP) is 3.49. The highest BCUT2D eigenvalue weighted by Crippen LogP contribution is 2.14. The van der Waals surface area contributed by atoms with Gasteiger partial charge in [0.2, 0.25) is 0 Å². The molecule has 0 amide bonds. The van der Waals surface area contributed by atoms with Crippen LogP contribution in [0, 0.1) is 29.3 Å². The highest BCUT2D eigenvalue weighted by Gasteiger charge is 2.10. The van der Waals surface area contributed by atoms with Gasteiger partial charge in [0.1, 0.15) is 5.82 Å². The van der Waals surface area contributed by atoms with Crippen molar-refractivity contribution in [3.05, 3.63) is 35.1 Å². The second-order valence-corrected chi connectivity index (χ2v) is 4.71. The van der Waals surface area contributed by atoms with Gasteiger partial charge in [-0.15, -0.1) is 0 Å². The van der Waals surface area contributed by atoms with E-state index in [4.69, 9.17) is 0 Å². The second-order valence-electron chi connectivity index (χ2n) is 4.71. The molecule has 0 saturated heterocycles. The molecule has 1 rings (SSSR count). The summed E-state index contributed by atoms with van der Waals surface area (Å²) in [5, 5.41) is 3.04. The van der Waals surface area contributed by atoms with E-state index in [1.807, 2.05) is 0 Å². The van der Waals surface area contributed by atoms with E-state index in [0.29, 0.717) is 17.9 Å². The molecule has 0 aliphatic rings. The number of benzene rings is 1. The normalized spacial score (nSPS) is 13.1. The minimum Gasteiger partial charge on any atom is -0.312 e. The van der Waals surface area contributed by atoms with E-state index < -0.39 is 17.5 Å². The highest BCUT2D eigenvalue weighted by molar-refractivity contribution is 5.19. The zero-order chi connectivity index (χ0) is 13.0. The molecule has 0 saturated carbocycles. The van der Waals surface area contributed by atoms with E-state index in [1.165, 1.54) is 0 Å². The van der Waals surface area contributed by atoms with Crippen molar-refractivity contribution >= 4 is 0 Å². The van der Waals surface area contributed by atoms with Gasteiger partial charge in [-0.05, 0) is 24.4 Å². The van der Waals surface area contributed by atoms with Crippen molar-refractivity contribution in [1.82, 2.24) is 5.32 Å². The third-order valence-corrected chi connectivity index (χ3v) is 3.01. The molecule has 1 aromatic rings. The first-order valence-electron chi connectivity index (χ1n) is 5.76. The Morgan fingerprint density at radius 2 is 1.59 bits per heavy atom. The van der Waals surface area contributed by atoms with Crippen LogP contribution in [-0.4, -0.2) is 6.54 Å². The average molecular weight is 245 g/mol. The number of hydrogen-bond donors (Lipinski definition) is 1. The first-order chi connectivity index (χ1) is 7.91. The number of rotatable bonds is 5. The fourth-order valence-electron chi connectivity index (χ4n) is 1.37. The summed E-state index contributed by atoms with van der Waals surface area (Å²) in [4.78, 5) is 0. The zero-order valence-corrected chi connectivity index (χ0v) is 10.4. The van der Waals surface area contributed by atoms with Crippen LogP contribution in [-0.2, 0) is 6.54 Å². The van der Waals surface area contributed by atoms with Crippen LogP contribution in [0.25, 0.3) is 0 Å². The summed E-state index contributed by atoms with van der Waals surface area (Å²) in [6, 6.07) is 1.48. The van der Waals surface area contributed by atoms with Crippen LogP contribution in [0.3, 0.4) is 0 Å². The maximum absolute atomic E-state index is 13.3. The van der Waals surface area contributed by atoms with Crippen LogP contribution >= 0.6 is 0 Å². The lowest BCUT2D eigenvalue weighted by Gasteiger charge is -2.16. The third kappa shape index (κ3) is 4.04. The molecule has 1 N–H and O–H groups in total. The van der Waals surface area contributed by atoms with Gasteiger partial charge < -0.3 is 5.32 Å². The second kappa shape index (κ2) is 6.05. The molecule has 0 aromatic heterocycles. The van der Waals surface area contributed by atoms with Crippen molar-refractivity contribution < 1.29 is 13.2 Å². The molecule has 0 bridgehead atoms. The minimum atomic E-state index is -1.15. The number of nitrogens with one attached hydrogen (secondary N) is 1. The van der Waals surface area contributed by atoms with Crippen molar-refractivity contribution in [2.24, 2.45) is 11.8 Å². The quantitative estimate of drug-likeness (QED) is 0.783. The smallest absolute Gasteiger partial charge is 0.161 e. The molecule has 0 radical (unpaired) electrons. The molecule has 0 heterocycles. The first-order valence-corrected chi connectivity index (χ1v) is 5.76. The lowest BCUT2D eigenvalue weighted by molar-refractivity contribution is 0.390. The third-order valence-electron chi connectivity index (χ3n) is 3.01. The molecule has 0 aliphatic heterocycles. The largest absolute Gasteiger partial charge is 0.312 e. The van der Waals surface area contributed by atoms with Gasteiger partial charge in [-0.3, -0.25) is 0 Å². The predicted molar refractivity (Wildman–Crippen MR) is 62.0 cm³/mol. The Balaban J connectivity index is 2.55. The molecule has 0 spiro atoms. The van der Waals surface area contributed by atoms with E-state index in [0.717, 1.165) is 12.6 Å². The molecule has 17 heavy (non-hydrogen) atoms. The summed E-state index contributed by atoms with van der Waals surface area (Å²) >= 11 is 0. The molecule has 4 heteroatoms. The summed E-state index contributed by atoms with van der Waals surface area (Å²) in [6.45, 7) is 7.21. The maximum Gasteiger partial charge on any atom is 0.161 e.